The topological polar surface area (TPSA) is 87.5 Å². The van der Waals surface area contributed by atoms with Crippen LogP contribution in [0.2, 0.25) is 0 Å². The van der Waals surface area contributed by atoms with Gasteiger partial charge in [-0.25, -0.2) is 0 Å². The molecule has 1 saturated heterocycles. The lowest BCUT2D eigenvalue weighted by Gasteiger charge is -2.35. The first kappa shape index (κ1) is 19.9. The van der Waals surface area contributed by atoms with E-state index in [1.54, 1.807) is 0 Å². The Morgan fingerprint density at radius 2 is 1.78 bits per heavy atom. The zero-order valence-corrected chi connectivity index (χ0v) is 15.0. The van der Waals surface area contributed by atoms with Crippen LogP contribution in [0.3, 0.4) is 0 Å². The smallest absolute Gasteiger partial charge is 0.234 e. The van der Waals surface area contributed by atoms with Gasteiger partial charge in [0, 0.05) is 32.2 Å². The number of carbonyl (C=O) groups excluding carboxylic acids is 2. The fourth-order valence-corrected chi connectivity index (χ4v) is 3.05. The summed E-state index contributed by atoms with van der Waals surface area (Å²) in [4.78, 5) is 26.4. The number of piperidine rings is 1. The molecular formula is C17H34N4O2. The number of hydrogen-bond donors (Lipinski definition) is 3. The van der Waals surface area contributed by atoms with Crippen molar-refractivity contribution in [2.45, 2.75) is 58.9 Å². The van der Waals surface area contributed by atoms with Crippen molar-refractivity contribution >= 4 is 11.8 Å². The van der Waals surface area contributed by atoms with Crippen molar-refractivity contribution in [2.75, 3.05) is 32.7 Å². The molecule has 2 amide bonds. The number of nitrogens with one attached hydrogen (secondary N) is 2. The average Bonchev–Trinajstić information content (AvgIpc) is 2.57. The molecule has 1 heterocycles. The van der Waals surface area contributed by atoms with Gasteiger partial charge in [-0.15, -0.1) is 0 Å². The molecule has 23 heavy (non-hydrogen) atoms. The number of carbonyl (C=O) groups is 2. The van der Waals surface area contributed by atoms with Gasteiger partial charge in [-0.2, -0.15) is 0 Å². The summed E-state index contributed by atoms with van der Waals surface area (Å²) in [7, 11) is 0. The van der Waals surface area contributed by atoms with Gasteiger partial charge in [-0.05, 0) is 32.1 Å². The SMILES string of the molecule is CCCNC(=O)CN1CCC(NC(=O)C(CC)(CC)CN)CC1. The maximum Gasteiger partial charge on any atom is 0.234 e. The molecule has 1 rings (SSSR count). The molecule has 0 atom stereocenters. The van der Waals surface area contributed by atoms with Crippen LogP contribution in [-0.2, 0) is 9.59 Å². The molecule has 0 aromatic heterocycles. The lowest BCUT2D eigenvalue weighted by Crippen LogP contribution is -2.52. The number of nitrogens with zero attached hydrogens (tertiary/aromatic N) is 1. The van der Waals surface area contributed by atoms with Crippen LogP contribution in [0.5, 0.6) is 0 Å². The van der Waals surface area contributed by atoms with Gasteiger partial charge in [0.05, 0.1) is 12.0 Å². The van der Waals surface area contributed by atoms with E-state index in [0.717, 1.165) is 51.7 Å². The van der Waals surface area contributed by atoms with E-state index in [4.69, 9.17) is 5.73 Å². The van der Waals surface area contributed by atoms with Crippen LogP contribution in [0.1, 0.15) is 52.9 Å². The van der Waals surface area contributed by atoms with Crippen molar-refractivity contribution in [3.8, 4) is 0 Å². The molecule has 6 nitrogen and oxygen atoms in total. The predicted octanol–water partition coefficient (Wildman–Crippen LogP) is 0.858. The highest BCUT2D eigenvalue weighted by Crippen LogP contribution is 2.25. The van der Waals surface area contributed by atoms with Crippen molar-refractivity contribution in [1.29, 1.82) is 0 Å². The third-order valence-electron chi connectivity index (χ3n) is 5.09. The molecule has 0 aliphatic carbocycles. The number of likely N-dealkylation sites (tertiary alicyclic amines) is 1. The summed E-state index contributed by atoms with van der Waals surface area (Å²) in [5.74, 6) is 0.178. The van der Waals surface area contributed by atoms with E-state index >= 15 is 0 Å². The van der Waals surface area contributed by atoms with Gasteiger partial charge in [0.1, 0.15) is 0 Å². The van der Waals surface area contributed by atoms with Gasteiger partial charge in [0.15, 0.2) is 0 Å². The first-order chi connectivity index (χ1) is 11.0. The number of hydrogen-bond acceptors (Lipinski definition) is 4. The van der Waals surface area contributed by atoms with Gasteiger partial charge in [0.25, 0.3) is 0 Å². The van der Waals surface area contributed by atoms with E-state index in [-0.39, 0.29) is 17.9 Å². The van der Waals surface area contributed by atoms with Crippen LogP contribution in [0.15, 0.2) is 0 Å². The Bertz CT molecular complexity index is 367. The summed E-state index contributed by atoms with van der Waals surface area (Å²) in [6.07, 6.45) is 4.27. The largest absolute Gasteiger partial charge is 0.355 e. The van der Waals surface area contributed by atoms with Crippen molar-refractivity contribution in [3.63, 3.8) is 0 Å². The van der Waals surface area contributed by atoms with E-state index in [2.05, 4.69) is 15.5 Å². The molecule has 0 saturated carbocycles. The second-order valence-electron chi connectivity index (χ2n) is 6.57. The van der Waals surface area contributed by atoms with Crippen LogP contribution in [0.25, 0.3) is 0 Å². The van der Waals surface area contributed by atoms with E-state index in [1.165, 1.54) is 0 Å². The Morgan fingerprint density at radius 3 is 2.26 bits per heavy atom. The van der Waals surface area contributed by atoms with Crippen LogP contribution < -0.4 is 16.4 Å². The average molecular weight is 326 g/mol. The van der Waals surface area contributed by atoms with Gasteiger partial charge < -0.3 is 16.4 Å². The molecule has 0 spiro atoms. The van der Waals surface area contributed by atoms with Gasteiger partial charge >= 0.3 is 0 Å². The number of amides is 2. The highest BCUT2D eigenvalue weighted by Gasteiger charge is 2.35. The first-order valence-corrected chi connectivity index (χ1v) is 9.01. The van der Waals surface area contributed by atoms with Gasteiger partial charge in [-0.3, -0.25) is 14.5 Å². The predicted molar refractivity (Wildman–Crippen MR) is 93.0 cm³/mol. The molecule has 0 radical (unpaired) electrons. The van der Waals surface area contributed by atoms with Crippen LogP contribution in [-0.4, -0.2) is 55.5 Å². The van der Waals surface area contributed by atoms with E-state index < -0.39 is 5.41 Å². The standard InChI is InChI=1S/C17H34N4O2/c1-4-9-19-15(22)12-21-10-7-14(8-11-21)20-16(23)17(5-2,6-3)13-18/h14H,4-13,18H2,1-3H3,(H,19,22)(H,20,23). The Labute approximate surface area is 140 Å². The molecule has 6 heteroatoms. The molecule has 1 aliphatic rings. The molecule has 1 fully saturated rings. The van der Waals surface area contributed by atoms with Crippen molar-refractivity contribution in [3.05, 3.63) is 0 Å². The molecule has 0 aromatic carbocycles. The third kappa shape index (κ3) is 5.77. The van der Waals surface area contributed by atoms with E-state index in [9.17, 15) is 9.59 Å². The zero-order chi connectivity index (χ0) is 17.3. The molecule has 1 aliphatic heterocycles. The lowest BCUT2D eigenvalue weighted by atomic mass is 9.81. The van der Waals surface area contributed by atoms with E-state index in [1.807, 2.05) is 20.8 Å². The van der Waals surface area contributed by atoms with Gasteiger partial charge in [0.2, 0.25) is 11.8 Å². The van der Waals surface area contributed by atoms with Crippen molar-refractivity contribution in [2.24, 2.45) is 11.1 Å². The maximum atomic E-state index is 12.5. The minimum Gasteiger partial charge on any atom is -0.355 e. The summed E-state index contributed by atoms with van der Waals surface area (Å²) >= 11 is 0. The summed E-state index contributed by atoms with van der Waals surface area (Å²) in [6, 6.07) is 0.196. The molecule has 0 bridgehead atoms. The van der Waals surface area contributed by atoms with Crippen molar-refractivity contribution in [1.82, 2.24) is 15.5 Å². The summed E-state index contributed by atoms with van der Waals surface area (Å²) in [5, 5.41) is 6.08. The minimum atomic E-state index is -0.433. The Balaban J connectivity index is 2.39. The fraction of sp³-hybridized carbons (Fsp3) is 0.882. The molecule has 134 valence electrons. The second kappa shape index (κ2) is 9.88. The minimum absolute atomic E-state index is 0.0872. The van der Waals surface area contributed by atoms with Crippen LogP contribution in [0.4, 0.5) is 0 Å². The van der Waals surface area contributed by atoms with Gasteiger partial charge in [-0.1, -0.05) is 20.8 Å². The fourth-order valence-electron chi connectivity index (χ4n) is 3.05. The zero-order valence-electron chi connectivity index (χ0n) is 15.0. The maximum absolute atomic E-state index is 12.5. The van der Waals surface area contributed by atoms with Crippen molar-refractivity contribution < 1.29 is 9.59 Å². The molecule has 0 unspecified atom stereocenters. The van der Waals surface area contributed by atoms with Crippen LogP contribution in [0, 0.1) is 5.41 Å². The number of nitrogens with two attached hydrogens (primary N) is 1. The van der Waals surface area contributed by atoms with E-state index in [0.29, 0.717) is 13.1 Å². The Hall–Kier alpha value is -1.14. The summed E-state index contributed by atoms with van der Waals surface area (Å²) in [5.41, 5.74) is 5.40. The molecule has 0 aromatic rings. The number of rotatable bonds is 9. The van der Waals surface area contributed by atoms with Crippen LogP contribution >= 0.6 is 0 Å². The summed E-state index contributed by atoms with van der Waals surface area (Å²) < 4.78 is 0. The Morgan fingerprint density at radius 1 is 1.17 bits per heavy atom. The summed E-state index contributed by atoms with van der Waals surface area (Å²) in [6.45, 7) is 9.36. The lowest BCUT2D eigenvalue weighted by molar-refractivity contribution is -0.132. The monoisotopic (exact) mass is 326 g/mol. The molecule has 4 N–H and O–H groups in total. The quantitative estimate of drug-likeness (QED) is 0.586. The second-order valence-corrected chi connectivity index (χ2v) is 6.57. The Kier molecular flexibility index (Phi) is 8.55. The molecular weight excluding hydrogens is 292 g/mol. The highest BCUT2D eigenvalue weighted by atomic mass is 16.2. The highest BCUT2D eigenvalue weighted by molar-refractivity contribution is 5.83. The normalized spacial score (nSPS) is 17.0. The first-order valence-electron chi connectivity index (χ1n) is 9.01. The third-order valence-corrected chi connectivity index (χ3v) is 5.09.